The molecule has 1 aromatic heterocycles. The Morgan fingerprint density at radius 3 is 2.19 bits per heavy atom. The van der Waals surface area contributed by atoms with E-state index in [2.05, 4.69) is 103 Å². The van der Waals surface area contributed by atoms with E-state index in [4.69, 9.17) is 9.97 Å². The highest BCUT2D eigenvalue weighted by molar-refractivity contribution is 5.99. The molecule has 2 nitrogen and oxygen atoms in total. The molecule has 0 N–H and O–H groups in total. The van der Waals surface area contributed by atoms with Crippen LogP contribution >= 0.6 is 0 Å². The molecule has 5 aliphatic carbocycles. The molecule has 1 heterocycles. The van der Waals surface area contributed by atoms with E-state index >= 15 is 0 Å². The number of benzene rings is 5. The molecule has 4 saturated carbocycles. The Hall–Kier alpha value is -4.30. The molecule has 0 amide bonds. The van der Waals surface area contributed by atoms with Gasteiger partial charge in [-0.1, -0.05) is 91.0 Å². The molecule has 5 aliphatic rings. The summed E-state index contributed by atoms with van der Waals surface area (Å²) in [6.07, 6.45) is 8.99. The SMILES string of the molecule is c1ccc(-c2cccc3ncc(-c4ccc5c(c4)C4(c6c-5ccc5ccccc65)C5CC6CC(C5)CC4C6)nc23)cc1. The zero-order chi connectivity index (χ0) is 27.4. The fourth-order valence-electron chi connectivity index (χ4n) is 10.2. The molecule has 42 heavy (non-hydrogen) atoms. The number of hydrogen-bond acceptors (Lipinski definition) is 2. The van der Waals surface area contributed by atoms with Gasteiger partial charge in [0.2, 0.25) is 0 Å². The zero-order valence-electron chi connectivity index (χ0n) is 23.6. The van der Waals surface area contributed by atoms with Crippen molar-refractivity contribution in [3.8, 4) is 33.5 Å². The van der Waals surface area contributed by atoms with E-state index in [0.29, 0.717) is 0 Å². The molecule has 4 bridgehead atoms. The Morgan fingerprint density at radius 2 is 1.36 bits per heavy atom. The van der Waals surface area contributed by atoms with Crippen molar-refractivity contribution in [2.45, 2.75) is 37.5 Å². The second kappa shape index (κ2) is 8.38. The number of fused-ring (bicyclic) bond motifs is 6. The van der Waals surface area contributed by atoms with Crippen molar-refractivity contribution in [2.24, 2.45) is 23.7 Å². The highest BCUT2D eigenvalue weighted by Crippen LogP contribution is 2.70. The van der Waals surface area contributed by atoms with Crippen LogP contribution in [-0.2, 0) is 5.41 Å². The Bertz CT molecular complexity index is 2030. The molecule has 0 aliphatic heterocycles. The number of rotatable bonds is 2. The molecule has 2 heteroatoms. The van der Waals surface area contributed by atoms with E-state index in [9.17, 15) is 0 Å². The first-order valence-corrected chi connectivity index (χ1v) is 15.8. The van der Waals surface area contributed by atoms with Crippen molar-refractivity contribution in [3.05, 3.63) is 120 Å². The fourth-order valence-corrected chi connectivity index (χ4v) is 10.2. The first-order chi connectivity index (χ1) is 20.8. The minimum absolute atomic E-state index is 0.106. The van der Waals surface area contributed by atoms with Gasteiger partial charge in [0, 0.05) is 16.5 Å². The van der Waals surface area contributed by atoms with Gasteiger partial charge >= 0.3 is 0 Å². The second-order valence-electron chi connectivity index (χ2n) is 13.4. The van der Waals surface area contributed by atoms with Crippen molar-refractivity contribution < 1.29 is 0 Å². The first-order valence-electron chi connectivity index (χ1n) is 15.8. The molecule has 0 radical (unpaired) electrons. The summed E-state index contributed by atoms with van der Waals surface area (Å²) in [5, 5.41) is 2.85. The maximum atomic E-state index is 5.31. The zero-order valence-corrected chi connectivity index (χ0v) is 23.6. The summed E-state index contributed by atoms with van der Waals surface area (Å²) in [6, 6.07) is 38.1. The van der Waals surface area contributed by atoms with Crippen molar-refractivity contribution in [1.29, 1.82) is 0 Å². The van der Waals surface area contributed by atoms with Gasteiger partial charge in [-0.15, -0.1) is 0 Å². The van der Waals surface area contributed by atoms with Gasteiger partial charge in [-0.25, -0.2) is 4.98 Å². The third-order valence-electron chi connectivity index (χ3n) is 11.5. The lowest BCUT2D eigenvalue weighted by molar-refractivity contribution is -0.0393. The monoisotopic (exact) mass is 540 g/mol. The van der Waals surface area contributed by atoms with Crippen molar-refractivity contribution in [2.75, 3.05) is 0 Å². The quantitative estimate of drug-likeness (QED) is 0.218. The molecule has 202 valence electrons. The van der Waals surface area contributed by atoms with Crippen LogP contribution < -0.4 is 0 Å². The number of aromatic nitrogens is 2. The summed E-state index contributed by atoms with van der Waals surface area (Å²) in [6.45, 7) is 0. The average molecular weight is 541 g/mol. The molecular formula is C40H32N2. The van der Waals surface area contributed by atoms with E-state index in [1.165, 1.54) is 65.1 Å². The predicted molar refractivity (Wildman–Crippen MR) is 171 cm³/mol. The summed E-state index contributed by atoms with van der Waals surface area (Å²) >= 11 is 0. The van der Waals surface area contributed by atoms with Crippen LogP contribution in [0.1, 0.15) is 43.2 Å². The van der Waals surface area contributed by atoms with E-state index in [0.717, 1.165) is 46.0 Å². The molecule has 11 rings (SSSR count). The maximum Gasteiger partial charge on any atom is 0.0972 e. The van der Waals surface area contributed by atoms with Crippen LogP contribution in [0.25, 0.3) is 55.3 Å². The van der Waals surface area contributed by atoms with Gasteiger partial charge in [0.15, 0.2) is 0 Å². The Balaban J connectivity index is 1.21. The molecule has 0 saturated heterocycles. The van der Waals surface area contributed by atoms with Crippen molar-refractivity contribution in [1.82, 2.24) is 9.97 Å². The topological polar surface area (TPSA) is 25.8 Å². The third-order valence-corrected chi connectivity index (χ3v) is 11.5. The standard InChI is InChI=1S/C40H32N2/c1-2-7-26(8-3-1)32-11-6-12-36-39(32)42-37(23-41-36)28-14-15-33-34-16-13-27-9-4-5-10-31(27)38(34)40(35(33)22-28)29-18-24-17-25(20-29)21-30(40)19-24/h1-16,22-25,29-30H,17-21H2. The molecule has 6 aromatic rings. The van der Waals surface area contributed by atoms with Crippen LogP contribution in [0.3, 0.4) is 0 Å². The van der Waals surface area contributed by atoms with Crippen LogP contribution in [0.15, 0.2) is 109 Å². The van der Waals surface area contributed by atoms with Gasteiger partial charge in [-0.3, -0.25) is 4.98 Å². The van der Waals surface area contributed by atoms with Crippen molar-refractivity contribution in [3.63, 3.8) is 0 Å². The summed E-state index contributed by atoms with van der Waals surface area (Å²) in [4.78, 5) is 10.2. The summed E-state index contributed by atoms with van der Waals surface area (Å²) in [5.41, 5.74) is 12.6. The number of hydrogen-bond donors (Lipinski definition) is 0. The summed E-state index contributed by atoms with van der Waals surface area (Å²) < 4.78 is 0. The summed E-state index contributed by atoms with van der Waals surface area (Å²) in [5.74, 6) is 3.29. The molecule has 1 spiro atoms. The lowest BCUT2D eigenvalue weighted by atomic mass is 9.43. The van der Waals surface area contributed by atoms with Crippen LogP contribution in [0, 0.1) is 23.7 Å². The van der Waals surface area contributed by atoms with Crippen LogP contribution in [0.4, 0.5) is 0 Å². The van der Waals surface area contributed by atoms with E-state index < -0.39 is 0 Å². The van der Waals surface area contributed by atoms with Crippen LogP contribution in [0.2, 0.25) is 0 Å². The fraction of sp³-hybridized carbons (Fsp3) is 0.250. The number of nitrogens with zero attached hydrogens (tertiary/aromatic N) is 2. The lowest BCUT2D eigenvalue weighted by Crippen LogP contribution is -2.55. The van der Waals surface area contributed by atoms with Gasteiger partial charge in [0.05, 0.1) is 22.9 Å². The van der Waals surface area contributed by atoms with E-state index in [1.54, 1.807) is 11.1 Å². The highest BCUT2D eigenvalue weighted by atomic mass is 14.8. The second-order valence-corrected chi connectivity index (χ2v) is 13.4. The Kier molecular flexibility index (Phi) is 4.65. The third kappa shape index (κ3) is 3.00. The molecule has 5 aromatic carbocycles. The largest absolute Gasteiger partial charge is 0.252 e. The average Bonchev–Trinajstić information content (AvgIpc) is 3.34. The van der Waals surface area contributed by atoms with Gasteiger partial charge in [0.1, 0.15) is 0 Å². The van der Waals surface area contributed by atoms with Gasteiger partial charge in [-0.05, 0) is 106 Å². The maximum absolute atomic E-state index is 5.31. The molecular weight excluding hydrogens is 508 g/mol. The Morgan fingerprint density at radius 1 is 0.595 bits per heavy atom. The highest BCUT2D eigenvalue weighted by Gasteiger charge is 2.62. The minimum atomic E-state index is 0.106. The molecule has 0 atom stereocenters. The Labute approximate surface area is 246 Å². The normalized spacial score (nSPS) is 26.7. The predicted octanol–water partition coefficient (Wildman–Crippen LogP) is 9.84. The van der Waals surface area contributed by atoms with Gasteiger partial charge in [0.25, 0.3) is 0 Å². The molecule has 4 fully saturated rings. The summed E-state index contributed by atoms with van der Waals surface area (Å²) in [7, 11) is 0. The van der Waals surface area contributed by atoms with Gasteiger partial charge in [-0.2, -0.15) is 0 Å². The van der Waals surface area contributed by atoms with E-state index in [1.807, 2.05) is 6.20 Å². The van der Waals surface area contributed by atoms with Crippen molar-refractivity contribution >= 4 is 21.8 Å². The molecule has 0 unspecified atom stereocenters. The van der Waals surface area contributed by atoms with Crippen LogP contribution in [-0.4, -0.2) is 9.97 Å². The van der Waals surface area contributed by atoms with E-state index in [-0.39, 0.29) is 5.41 Å². The lowest BCUT2D eigenvalue weighted by Gasteiger charge is -2.61. The van der Waals surface area contributed by atoms with Gasteiger partial charge < -0.3 is 0 Å². The van der Waals surface area contributed by atoms with Crippen LogP contribution in [0.5, 0.6) is 0 Å². The minimum Gasteiger partial charge on any atom is -0.252 e. The smallest absolute Gasteiger partial charge is 0.0972 e. The number of para-hydroxylation sites is 1. The first kappa shape index (κ1) is 23.3.